The fourth-order valence-corrected chi connectivity index (χ4v) is 1.90. The van der Waals surface area contributed by atoms with Crippen molar-refractivity contribution in [2.75, 3.05) is 72.6 Å². The summed E-state index contributed by atoms with van der Waals surface area (Å²) in [6.07, 6.45) is 1.38. The summed E-state index contributed by atoms with van der Waals surface area (Å²) in [4.78, 5) is 13.7. The van der Waals surface area contributed by atoms with Crippen molar-refractivity contribution >= 4 is 5.91 Å². The van der Waals surface area contributed by atoms with Gasteiger partial charge in [0.05, 0.1) is 59.5 Å². The second-order valence-electron chi connectivity index (χ2n) is 5.31. The van der Waals surface area contributed by atoms with Gasteiger partial charge in [0.15, 0.2) is 0 Å². The lowest BCUT2D eigenvalue weighted by Gasteiger charge is -2.11. The Morgan fingerprint density at radius 3 is 1.69 bits per heavy atom. The first-order chi connectivity index (χ1) is 12.7. The molecule has 0 radical (unpaired) electrons. The predicted molar refractivity (Wildman–Crippen MR) is 95.7 cm³/mol. The Hall–Kier alpha value is -1.42. The second kappa shape index (κ2) is 19.9. The second-order valence-corrected chi connectivity index (χ2v) is 5.31. The van der Waals surface area contributed by atoms with Crippen LogP contribution in [0.3, 0.4) is 0 Å². The number of ether oxygens (including phenoxy) is 5. The first kappa shape index (κ1) is 24.6. The number of azide groups is 1. The van der Waals surface area contributed by atoms with Crippen LogP contribution in [0.25, 0.3) is 10.4 Å². The molecule has 10 heteroatoms. The van der Waals surface area contributed by atoms with Gasteiger partial charge in [-0.3, -0.25) is 4.79 Å². The molecule has 1 amide bonds. The van der Waals surface area contributed by atoms with Crippen molar-refractivity contribution in [1.82, 2.24) is 0 Å². The SMILES string of the molecule is CCC(CCOCCOCCOCCOCCOCCN=[N+]=[N-])C(N)=O. The average Bonchev–Trinajstić information content (AvgIpc) is 2.63. The molecule has 0 aromatic carbocycles. The Kier molecular flexibility index (Phi) is 18.8. The summed E-state index contributed by atoms with van der Waals surface area (Å²) in [6, 6.07) is 0. The molecule has 0 aliphatic carbocycles. The molecule has 10 nitrogen and oxygen atoms in total. The van der Waals surface area contributed by atoms with Crippen LogP contribution in [0, 0.1) is 5.92 Å². The molecule has 152 valence electrons. The van der Waals surface area contributed by atoms with Gasteiger partial charge >= 0.3 is 0 Å². The summed E-state index contributed by atoms with van der Waals surface area (Å²) in [5.41, 5.74) is 13.3. The van der Waals surface area contributed by atoms with Crippen LogP contribution < -0.4 is 5.73 Å². The van der Waals surface area contributed by atoms with E-state index >= 15 is 0 Å². The highest BCUT2D eigenvalue weighted by molar-refractivity contribution is 5.76. The Balaban J connectivity index is 3.13. The van der Waals surface area contributed by atoms with E-state index in [9.17, 15) is 4.79 Å². The van der Waals surface area contributed by atoms with Gasteiger partial charge in [0.2, 0.25) is 5.91 Å². The maximum atomic E-state index is 11.0. The predicted octanol–water partition coefficient (Wildman–Crippen LogP) is 1.28. The molecular weight excluding hydrogens is 344 g/mol. The van der Waals surface area contributed by atoms with Crippen LogP contribution in [0.2, 0.25) is 0 Å². The molecule has 0 fully saturated rings. The minimum atomic E-state index is -0.272. The number of nitrogens with zero attached hydrogens (tertiary/aromatic N) is 3. The van der Waals surface area contributed by atoms with Crippen LogP contribution in [0.5, 0.6) is 0 Å². The third kappa shape index (κ3) is 17.4. The van der Waals surface area contributed by atoms with Gasteiger partial charge in [-0.05, 0) is 18.4 Å². The summed E-state index contributed by atoms with van der Waals surface area (Å²) in [7, 11) is 0. The maximum Gasteiger partial charge on any atom is 0.220 e. The van der Waals surface area contributed by atoms with Crippen LogP contribution >= 0.6 is 0 Å². The van der Waals surface area contributed by atoms with Crippen molar-refractivity contribution in [2.45, 2.75) is 19.8 Å². The number of hydrogen-bond donors (Lipinski definition) is 1. The lowest BCUT2D eigenvalue weighted by Crippen LogP contribution is -2.24. The van der Waals surface area contributed by atoms with E-state index in [0.717, 1.165) is 6.42 Å². The van der Waals surface area contributed by atoms with Gasteiger partial charge in [-0.2, -0.15) is 0 Å². The van der Waals surface area contributed by atoms with E-state index in [0.29, 0.717) is 79.0 Å². The number of nitrogens with two attached hydrogens (primary N) is 1. The van der Waals surface area contributed by atoms with Crippen molar-refractivity contribution in [3.05, 3.63) is 10.4 Å². The van der Waals surface area contributed by atoms with Crippen LogP contribution in [-0.2, 0) is 28.5 Å². The number of primary amides is 1. The summed E-state index contributed by atoms with van der Waals surface area (Å²) < 4.78 is 26.6. The minimum absolute atomic E-state index is 0.115. The highest BCUT2D eigenvalue weighted by atomic mass is 16.6. The lowest BCUT2D eigenvalue weighted by molar-refractivity contribution is -0.122. The summed E-state index contributed by atoms with van der Waals surface area (Å²) in [6.45, 7) is 7.04. The number of carbonyl (C=O) groups is 1. The first-order valence-electron chi connectivity index (χ1n) is 8.91. The Morgan fingerprint density at radius 2 is 1.31 bits per heavy atom. The van der Waals surface area contributed by atoms with Crippen LogP contribution in [0.15, 0.2) is 5.11 Å². The van der Waals surface area contributed by atoms with Crippen molar-refractivity contribution in [3.63, 3.8) is 0 Å². The van der Waals surface area contributed by atoms with E-state index in [2.05, 4.69) is 10.0 Å². The molecular formula is C16H32N4O6. The molecule has 26 heavy (non-hydrogen) atoms. The van der Waals surface area contributed by atoms with Gasteiger partial charge in [-0.15, -0.1) is 0 Å². The number of carbonyl (C=O) groups excluding carboxylic acids is 1. The standard InChI is InChI=1S/C16H32N4O6/c1-2-15(16(17)21)3-5-22-7-9-24-11-13-26-14-12-25-10-8-23-6-4-19-20-18/h15H,2-14H2,1H3,(H2,17,21). The topological polar surface area (TPSA) is 138 Å². The molecule has 1 unspecified atom stereocenters. The van der Waals surface area contributed by atoms with Crippen molar-refractivity contribution in [3.8, 4) is 0 Å². The van der Waals surface area contributed by atoms with Gasteiger partial charge in [0, 0.05) is 24.0 Å². The van der Waals surface area contributed by atoms with E-state index in [1.165, 1.54) is 0 Å². The molecule has 0 heterocycles. The monoisotopic (exact) mass is 376 g/mol. The fourth-order valence-electron chi connectivity index (χ4n) is 1.90. The minimum Gasteiger partial charge on any atom is -0.379 e. The maximum absolute atomic E-state index is 11.0. The Bertz CT molecular complexity index is 380. The van der Waals surface area contributed by atoms with Gasteiger partial charge in [-0.25, -0.2) is 0 Å². The molecule has 0 saturated heterocycles. The largest absolute Gasteiger partial charge is 0.379 e. The normalized spacial score (nSPS) is 11.9. The third-order valence-corrected chi connectivity index (χ3v) is 3.39. The smallest absolute Gasteiger partial charge is 0.220 e. The highest BCUT2D eigenvalue weighted by Crippen LogP contribution is 2.06. The molecule has 0 aromatic heterocycles. The highest BCUT2D eigenvalue weighted by Gasteiger charge is 2.11. The van der Waals surface area contributed by atoms with E-state index in [1.54, 1.807) is 0 Å². The molecule has 0 bridgehead atoms. The third-order valence-electron chi connectivity index (χ3n) is 3.39. The average molecular weight is 376 g/mol. The zero-order valence-corrected chi connectivity index (χ0v) is 15.6. The van der Waals surface area contributed by atoms with E-state index < -0.39 is 0 Å². The summed E-state index contributed by atoms with van der Waals surface area (Å²) >= 11 is 0. The van der Waals surface area contributed by atoms with Crippen molar-refractivity contribution in [2.24, 2.45) is 16.8 Å². The molecule has 0 rings (SSSR count). The molecule has 2 N–H and O–H groups in total. The Labute approximate surface area is 154 Å². The summed E-state index contributed by atoms with van der Waals surface area (Å²) in [5.74, 6) is -0.387. The lowest BCUT2D eigenvalue weighted by atomic mass is 10.0. The molecule has 1 atom stereocenters. The van der Waals surface area contributed by atoms with Crippen molar-refractivity contribution < 1.29 is 28.5 Å². The zero-order chi connectivity index (χ0) is 19.3. The van der Waals surface area contributed by atoms with Crippen LogP contribution in [0.1, 0.15) is 19.8 Å². The van der Waals surface area contributed by atoms with Crippen LogP contribution in [-0.4, -0.2) is 78.5 Å². The molecule has 0 spiro atoms. The number of hydrogen-bond acceptors (Lipinski definition) is 7. The first-order valence-corrected chi connectivity index (χ1v) is 8.91. The molecule has 0 aliphatic rings. The number of amides is 1. The van der Waals surface area contributed by atoms with Crippen molar-refractivity contribution in [1.29, 1.82) is 0 Å². The number of rotatable bonds is 20. The van der Waals surface area contributed by atoms with Gasteiger partial charge < -0.3 is 29.4 Å². The van der Waals surface area contributed by atoms with E-state index in [-0.39, 0.29) is 11.8 Å². The van der Waals surface area contributed by atoms with E-state index in [1.807, 2.05) is 6.92 Å². The van der Waals surface area contributed by atoms with E-state index in [4.69, 9.17) is 34.9 Å². The summed E-state index contributed by atoms with van der Waals surface area (Å²) in [5, 5.41) is 3.35. The van der Waals surface area contributed by atoms with Crippen LogP contribution in [0.4, 0.5) is 0 Å². The van der Waals surface area contributed by atoms with Gasteiger partial charge in [-0.1, -0.05) is 12.0 Å². The van der Waals surface area contributed by atoms with Gasteiger partial charge in [0.1, 0.15) is 0 Å². The fraction of sp³-hybridized carbons (Fsp3) is 0.938. The molecule has 0 saturated carbocycles. The quantitative estimate of drug-likeness (QED) is 0.147. The molecule has 0 aromatic rings. The molecule has 0 aliphatic heterocycles. The van der Waals surface area contributed by atoms with Gasteiger partial charge in [0.25, 0.3) is 0 Å². The Morgan fingerprint density at radius 1 is 0.885 bits per heavy atom. The zero-order valence-electron chi connectivity index (χ0n) is 15.6.